The minimum atomic E-state index is -0.118. The van der Waals surface area contributed by atoms with Crippen molar-refractivity contribution in [2.75, 3.05) is 36.0 Å². The van der Waals surface area contributed by atoms with E-state index in [4.69, 9.17) is 9.47 Å². The van der Waals surface area contributed by atoms with Crippen molar-refractivity contribution >= 4 is 17.3 Å². The van der Waals surface area contributed by atoms with Crippen LogP contribution < -0.4 is 19.3 Å². The molecule has 25 heavy (non-hydrogen) atoms. The highest BCUT2D eigenvalue weighted by Crippen LogP contribution is 2.42. The van der Waals surface area contributed by atoms with Crippen LogP contribution in [0.4, 0.5) is 11.4 Å². The van der Waals surface area contributed by atoms with Crippen LogP contribution in [-0.2, 0) is 0 Å². The van der Waals surface area contributed by atoms with Gasteiger partial charge in [-0.05, 0) is 32.0 Å². The molecule has 0 spiro atoms. The molecule has 1 aromatic heterocycles. The van der Waals surface area contributed by atoms with Crippen molar-refractivity contribution in [3.63, 3.8) is 0 Å². The lowest BCUT2D eigenvalue weighted by Crippen LogP contribution is -2.47. The Morgan fingerprint density at radius 2 is 2.00 bits per heavy atom. The fourth-order valence-corrected chi connectivity index (χ4v) is 3.30. The molecule has 0 saturated heterocycles. The number of nitrogens with zero attached hydrogens (tertiary/aromatic N) is 3. The number of para-hydroxylation sites is 1. The fraction of sp³-hybridized carbons (Fsp3) is 0.368. The van der Waals surface area contributed by atoms with E-state index in [-0.39, 0.29) is 12.0 Å². The summed E-state index contributed by atoms with van der Waals surface area (Å²) in [5.74, 6) is 1.19. The molecule has 0 fully saturated rings. The summed E-state index contributed by atoms with van der Waals surface area (Å²) >= 11 is 0. The number of anilines is 2. The number of carbonyl (C=O) groups is 1. The average molecular weight is 339 g/mol. The third-order valence-electron chi connectivity index (χ3n) is 4.34. The van der Waals surface area contributed by atoms with Gasteiger partial charge in [0.2, 0.25) is 5.88 Å². The standard InChI is InChI=1S/C19H21N3O3/c1-13(2)25-17-8-3-5-14(20-17)19(23)22-10-9-21-11-12-24-16-7-4-6-15(22)18(16)21/h3-8,13H,9-12H2,1-2H3. The molecule has 0 unspecified atom stereocenters. The van der Waals surface area contributed by atoms with Crippen molar-refractivity contribution in [1.82, 2.24) is 4.98 Å². The highest BCUT2D eigenvalue weighted by molar-refractivity contribution is 6.08. The van der Waals surface area contributed by atoms with Crippen LogP contribution in [0, 0.1) is 0 Å². The number of hydrogen-bond acceptors (Lipinski definition) is 5. The maximum atomic E-state index is 13.1. The predicted octanol–water partition coefficient (Wildman–Crippen LogP) is 2.73. The van der Waals surface area contributed by atoms with Crippen LogP contribution in [-0.4, -0.2) is 43.2 Å². The van der Waals surface area contributed by atoms with Gasteiger partial charge in [0.15, 0.2) is 0 Å². The first-order valence-electron chi connectivity index (χ1n) is 8.60. The number of ether oxygens (including phenoxy) is 2. The maximum absolute atomic E-state index is 13.1. The molecule has 0 saturated carbocycles. The van der Waals surface area contributed by atoms with Gasteiger partial charge in [-0.15, -0.1) is 0 Å². The number of hydrogen-bond donors (Lipinski definition) is 0. The van der Waals surface area contributed by atoms with Crippen LogP contribution in [0.2, 0.25) is 0 Å². The third kappa shape index (κ3) is 2.88. The summed E-state index contributed by atoms with van der Waals surface area (Å²) < 4.78 is 11.4. The van der Waals surface area contributed by atoms with E-state index in [1.165, 1.54) is 0 Å². The van der Waals surface area contributed by atoms with Gasteiger partial charge in [-0.2, -0.15) is 0 Å². The molecule has 2 aromatic rings. The second-order valence-electron chi connectivity index (χ2n) is 6.44. The Morgan fingerprint density at radius 3 is 2.84 bits per heavy atom. The zero-order chi connectivity index (χ0) is 17.4. The molecule has 2 aliphatic heterocycles. The molecule has 6 heteroatoms. The van der Waals surface area contributed by atoms with Crippen LogP contribution in [0.5, 0.6) is 11.6 Å². The lowest BCUT2D eigenvalue weighted by molar-refractivity contribution is 0.0979. The molecule has 130 valence electrons. The second-order valence-corrected chi connectivity index (χ2v) is 6.44. The molecular weight excluding hydrogens is 318 g/mol. The van der Waals surface area contributed by atoms with Gasteiger partial charge in [-0.25, -0.2) is 4.98 Å². The molecule has 3 heterocycles. The van der Waals surface area contributed by atoms with Crippen molar-refractivity contribution < 1.29 is 14.3 Å². The molecule has 0 atom stereocenters. The minimum Gasteiger partial charge on any atom is -0.489 e. The van der Waals surface area contributed by atoms with Crippen LogP contribution in [0.15, 0.2) is 36.4 Å². The first kappa shape index (κ1) is 15.7. The van der Waals surface area contributed by atoms with E-state index in [1.54, 1.807) is 23.1 Å². The van der Waals surface area contributed by atoms with Gasteiger partial charge in [0, 0.05) is 19.2 Å². The van der Waals surface area contributed by atoms with Crippen molar-refractivity contribution in [2.45, 2.75) is 20.0 Å². The summed E-state index contributed by atoms with van der Waals surface area (Å²) in [5, 5.41) is 0. The van der Waals surface area contributed by atoms with E-state index in [9.17, 15) is 4.79 Å². The normalized spacial score (nSPS) is 15.6. The number of pyridine rings is 1. The minimum absolute atomic E-state index is 0.0136. The zero-order valence-corrected chi connectivity index (χ0v) is 14.4. The summed E-state index contributed by atoms with van der Waals surface area (Å²) in [4.78, 5) is 21.5. The largest absolute Gasteiger partial charge is 0.489 e. The van der Waals surface area contributed by atoms with Gasteiger partial charge in [-0.3, -0.25) is 4.79 Å². The Kier molecular flexibility index (Phi) is 3.95. The first-order chi connectivity index (χ1) is 12.1. The maximum Gasteiger partial charge on any atom is 0.277 e. The van der Waals surface area contributed by atoms with E-state index in [0.717, 1.165) is 30.2 Å². The Morgan fingerprint density at radius 1 is 1.16 bits per heavy atom. The smallest absolute Gasteiger partial charge is 0.277 e. The Bertz CT molecular complexity index is 806. The van der Waals surface area contributed by atoms with Crippen molar-refractivity contribution in [1.29, 1.82) is 0 Å². The molecule has 1 aromatic carbocycles. The number of rotatable bonds is 3. The van der Waals surface area contributed by atoms with Crippen LogP contribution in [0.1, 0.15) is 24.3 Å². The number of benzene rings is 1. The molecular formula is C19H21N3O3. The quantitative estimate of drug-likeness (QED) is 0.861. The monoisotopic (exact) mass is 339 g/mol. The molecule has 1 amide bonds. The van der Waals surface area contributed by atoms with Crippen LogP contribution in [0.3, 0.4) is 0 Å². The van der Waals surface area contributed by atoms with Crippen LogP contribution >= 0.6 is 0 Å². The molecule has 0 bridgehead atoms. The Hall–Kier alpha value is -2.76. The number of aromatic nitrogens is 1. The van der Waals surface area contributed by atoms with E-state index in [2.05, 4.69) is 9.88 Å². The molecule has 4 rings (SSSR count). The summed E-state index contributed by atoms with van der Waals surface area (Å²) in [6.45, 7) is 6.83. The van der Waals surface area contributed by atoms with Gasteiger partial charge in [0.25, 0.3) is 5.91 Å². The Balaban J connectivity index is 1.68. The highest BCUT2D eigenvalue weighted by Gasteiger charge is 2.32. The number of amides is 1. The molecule has 2 aliphatic rings. The first-order valence-corrected chi connectivity index (χ1v) is 8.60. The summed E-state index contributed by atoms with van der Waals surface area (Å²) in [7, 11) is 0. The molecule has 6 nitrogen and oxygen atoms in total. The zero-order valence-electron chi connectivity index (χ0n) is 14.4. The van der Waals surface area contributed by atoms with Crippen LogP contribution in [0.25, 0.3) is 0 Å². The lowest BCUT2D eigenvalue weighted by Gasteiger charge is -2.40. The van der Waals surface area contributed by atoms with Gasteiger partial charge in [-0.1, -0.05) is 12.1 Å². The lowest BCUT2D eigenvalue weighted by atomic mass is 10.1. The molecule has 0 N–H and O–H groups in total. The Labute approximate surface area is 147 Å². The molecule has 0 radical (unpaired) electrons. The van der Waals surface area contributed by atoms with E-state index in [1.807, 2.05) is 32.0 Å². The summed E-state index contributed by atoms with van der Waals surface area (Å²) in [6.07, 6.45) is 0.0136. The van der Waals surface area contributed by atoms with E-state index >= 15 is 0 Å². The molecule has 0 aliphatic carbocycles. The van der Waals surface area contributed by atoms with E-state index in [0.29, 0.717) is 24.7 Å². The second kappa shape index (κ2) is 6.27. The van der Waals surface area contributed by atoms with Crippen molar-refractivity contribution in [3.8, 4) is 11.6 Å². The van der Waals surface area contributed by atoms with Gasteiger partial charge in [0.05, 0.1) is 18.3 Å². The fourth-order valence-electron chi connectivity index (χ4n) is 3.30. The topological polar surface area (TPSA) is 54.9 Å². The summed E-state index contributed by atoms with van der Waals surface area (Å²) in [6, 6.07) is 11.1. The number of carbonyl (C=O) groups excluding carboxylic acids is 1. The summed E-state index contributed by atoms with van der Waals surface area (Å²) in [5.41, 5.74) is 2.27. The third-order valence-corrected chi connectivity index (χ3v) is 4.34. The SMILES string of the molecule is CC(C)Oc1cccc(C(=O)N2CCN3CCOc4cccc2c43)n1. The van der Waals surface area contributed by atoms with Gasteiger partial charge in [0.1, 0.15) is 23.7 Å². The van der Waals surface area contributed by atoms with Crippen molar-refractivity contribution in [2.24, 2.45) is 0 Å². The highest BCUT2D eigenvalue weighted by atomic mass is 16.5. The van der Waals surface area contributed by atoms with Crippen molar-refractivity contribution in [3.05, 3.63) is 42.1 Å². The predicted molar refractivity (Wildman–Crippen MR) is 95.8 cm³/mol. The average Bonchev–Trinajstić information content (AvgIpc) is 2.62. The van der Waals surface area contributed by atoms with Gasteiger partial charge >= 0.3 is 0 Å². The van der Waals surface area contributed by atoms with E-state index < -0.39 is 0 Å². The van der Waals surface area contributed by atoms with Gasteiger partial charge < -0.3 is 19.3 Å².